The van der Waals surface area contributed by atoms with E-state index in [1.807, 2.05) is 0 Å². The van der Waals surface area contributed by atoms with E-state index in [0.29, 0.717) is 12.0 Å². The third-order valence-corrected chi connectivity index (χ3v) is 1.84. The van der Waals surface area contributed by atoms with E-state index in [1.165, 1.54) is 21.1 Å². The van der Waals surface area contributed by atoms with E-state index < -0.39 is 11.9 Å². The van der Waals surface area contributed by atoms with Crippen molar-refractivity contribution in [2.24, 2.45) is 0 Å². The van der Waals surface area contributed by atoms with Gasteiger partial charge in [0.05, 0.1) is 14.2 Å². The molecule has 0 amide bonds. The normalized spacial score (nSPS) is 8.33. The lowest BCUT2D eigenvalue weighted by Gasteiger charge is -2.03. The molecular formula is C15H20O6. The summed E-state index contributed by atoms with van der Waals surface area (Å²) < 4.78 is 13.1. The molecule has 21 heavy (non-hydrogen) atoms. The van der Waals surface area contributed by atoms with Crippen LogP contribution >= 0.6 is 0 Å². The molecule has 6 nitrogen and oxygen atoms in total. The maximum absolute atomic E-state index is 10.8. The molecule has 6 heteroatoms. The number of carbonyl (C=O) groups excluding carboxylic acids is 3. The summed E-state index contributed by atoms with van der Waals surface area (Å²) in [6.45, 7) is 14.9. The van der Waals surface area contributed by atoms with E-state index in [0.717, 1.165) is 0 Å². The molecule has 0 saturated carbocycles. The van der Waals surface area contributed by atoms with Crippen LogP contribution in [-0.2, 0) is 28.6 Å². The van der Waals surface area contributed by atoms with Gasteiger partial charge < -0.3 is 14.2 Å². The zero-order valence-corrected chi connectivity index (χ0v) is 12.6. The minimum Gasteiger partial charge on any atom is -0.466 e. The number of hydrogen-bond donors (Lipinski definition) is 0. The zero-order valence-electron chi connectivity index (χ0n) is 12.6. The molecule has 0 aromatic carbocycles. The maximum atomic E-state index is 10.8. The maximum Gasteiger partial charge on any atom is 0.373 e. The Hall–Kier alpha value is -2.63. The Kier molecular flexibility index (Phi) is 11.0. The van der Waals surface area contributed by atoms with Crippen molar-refractivity contribution in [2.45, 2.75) is 13.3 Å². The molecule has 0 fully saturated rings. The third-order valence-electron chi connectivity index (χ3n) is 1.84. The van der Waals surface area contributed by atoms with Crippen molar-refractivity contribution in [2.75, 3.05) is 14.2 Å². The highest BCUT2D eigenvalue weighted by atomic mass is 16.6. The highest BCUT2D eigenvalue weighted by Crippen LogP contribution is 2.01. The highest BCUT2D eigenvalue weighted by molar-refractivity contribution is 5.93. The van der Waals surface area contributed by atoms with Crippen LogP contribution < -0.4 is 0 Å². The number of ether oxygens (including phenoxy) is 3. The second-order valence-corrected chi connectivity index (χ2v) is 3.67. The number of carbonyl (C=O) groups is 3. The van der Waals surface area contributed by atoms with Crippen LogP contribution in [0.2, 0.25) is 0 Å². The highest BCUT2D eigenvalue weighted by Gasteiger charge is 2.13. The van der Waals surface area contributed by atoms with Crippen LogP contribution in [0, 0.1) is 0 Å². The van der Waals surface area contributed by atoms with Gasteiger partial charge in [-0.05, 0) is 19.9 Å². The van der Waals surface area contributed by atoms with Gasteiger partial charge in [-0.2, -0.15) is 0 Å². The lowest BCUT2D eigenvalue weighted by atomic mass is 10.2. The van der Waals surface area contributed by atoms with Crippen LogP contribution in [0.5, 0.6) is 0 Å². The molecule has 0 saturated heterocycles. The Morgan fingerprint density at radius 3 is 1.76 bits per heavy atom. The van der Waals surface area contributed by atoms with Crippen molar-refractivity contribution >= 4 is 17.9 Å². The number of methoxy groups -OCH3 is 2. The predicted molar refractivity (Wildman–Crippen MR) is 78.0 cm³/mol. The van der Waals surface area contributed by atoms with E-state index in [1.54, 1.807) is 6.08 Å². The Bertz CT molecular complexity index is 459. The van der Waals surface area contributed by atoms with Gasteiger partial charge in [0.1, 0.15) is 0 Å². The van der Waals surface area contributed by atoms with Gasteiger partial charge in [0.15, 0.2) is 0 Å². The molecular weight excluding hydrogens is 276 g/mol. The minimum absolute atomic E-state index is 0.194. The number of rotatable bonds is 6. The smallest absolute Gasteiger partial charge is 0.373 e. The monoisotopic (exact) mass is 296 g/mol. The van der Waals surface area contributed by atoms with E-state index in [2.05, 4.69) is 40.5 Å². The number of esters is 3. The fourth-order valence-electron chi connectivity index (χ4n) is 0.756. The van der Waals surface area contributed by atoms with Gasteiger partial charge in [-0.15, -0.1) is 6.58 Å². The third kappa shape index (κ3) is 9.89. The van der Waals surface area contributed by atoms with Crippen LogP contribution in [0.25, 0.3) is 0 Å². The van der Waals surface area contributed by atoms with Crippen molar-refractivity contribution in [3.05, 3.63) is 49.3 Å². The molecule has 0 heterocycles. The van der Waals surface area contributed by atoms with Crippen molar-refractivity contribution < 1.29 is 28.6 Å². The van der Waals surface area contributed by atoms with E-state index in [9.17, 15) is 14.4 Å². The summed E-state index contributed by atoms with van der Waals surface area (Å²) in [6.07, 6.45) is 2.10. The molecule has 116 valence electrons. The first-order valence-electron chi connectivity index (χ1n) is 5.73. The second kappa shape index (κ2) is 11.2. The van der Waals surface area contributed by atoms with E-state index in [4.69, 9.17) is 0 Å². The van der Waals surface area contributed by atoms with Gasteiger partial charge in [0.25, 0.3) is 0 Å². The molecule has 0 bridgehead atoms. The summed E-state index contributed by atoms with van der Waals surface area (Å²) in [4.78, 5) is 32.0. The predicted octanol–water partition coefficient (Wildman–Crippen LogP) is 2.08. The average molecular weight is 296 g/mol. The van der Waals surface area contributed by atoms with Crippen LogP contribution in [0.3, 0.4) is 0 Å². The summed E-state index contributed by atoms with van der Waals surface area (Å²) in [5.41, 5.74) is 0.632. The molecule has 0 N–H and O–H groups in total. The average Bonchev–Trinajstić information content (AvgIpc) is 2.45. The molecule has 0 spiro atoms. The summed E-state index contributed by atoms with van der Waals surface area (Å²) in [5, 5.41) is 0. The summed E-state index contributed by atoms with van der Waals surface area (Å²) in [7, 11) is 2.50. The fraction of sp³-hybridized carbons (Fsp3) is 0.267. The molecule has 0 aliphatic heterocycles. The molecule has 0 aromatic heterocycles. The van der Waals surface area contributed by atoms with Crippen molar-refractivity contribution in [3.8, 4) is 0 Å². The van der Waals surface area contributed by atoms with Crippen molar-refractivity contribution in [3.63, 3.8) is 0 Å². The minimum atomic E-state index is -0.774. The first-order chi connectivity index (χ1) is 9.70. The Balaban J connectivity index is 0. The molecule has 0 aliphatic carbocycles. The lowest BCUT2D eigenvalue weighted by Crippen LogP contribution is -2.12. The van der Waals surface area contributed by atoms with Gasteiger partial charge in [-0.1, -0.05) is 19.2 Å². The topological polar surface area (TPSA) is 78.9 Å². The van der Waals surface area contributed by atoms with Gasteiger partial charge in [0, 0.05) is 11.1 Å². The molecule has 0 aliphatic rings. The Morgan fingerprint density at radius 2 is 1.43 bits per heavy atom. The van der Waals surface area contributed by atoms with E-state index in [-0.39, 0.29) is 17.3 Å². The molecule has 0 unspecified atom stereocenters. The summed E-state index contributed by atoms with van der Waals surface area (Å²) in [6, 6.07) is 0. The quantitative estimate of drug-likeness (QED) is 0.245. The zero-order chi connectivity index (χ0) is 17.0. The van der Waals surface area contributed by atoms with Crippen LogP contribution in [-0.4, -0.2) is 32.1 Å². The van der Waals surface area contributed by atoms with Crippen molar-refractivity contribution in [1.29, 1.82) is 0 Å². The van der Waals surface area contributed by atoms with Gasteiger partial charge >= 0.3 is 17.9 Å². The number of allylic oxidation sites excluding steroid dienone is 1. The Morgan fingerprint density at radius 1 is 0.952 bits per heavy atom. The van der Waals surface area contributed by atoms with Gasteiger partial charge in [-0.25, -0.2) is 14.4 Å². The molecule has 0 aromatic rings. The van der Waals surface area contributed by atoms with Gasteiger partial charge in [-0.3, -0.25) is 0 Å². The van der Waals surface area contributed by atoms with Crippen LogP contribution in [0.15, 0.2) is 49.3 Å². The second-order valence-electron chi connectivity index (χ2n) is 3.67. The van der Waals surface area contributed by atoms with Crippen LogP contribution in [0.1, 0.15) is 13.3 Å². The Labute approximate surface area is 124 Å². The standard InChI is InChI=1S/C8H10O4.C7H10O2/c1-5(2)7(9)12-6(3)8(10)11-4;1-4-5-6(2)7(8)9-3/h1,3H2,2,4H3;4H,1-2,5H2,3H3. The first kappa shape index (κ1) is 20.7. The SMILES string of the molecule is C=C(C)C(=O)OC(=C)C(=O)OC.C=CCC(=C)C(=O)OC. The van der Waals surface area contributed by atoms with Gasteiger partial charge in [0.2, 0.25) is 5.76 Å². The summed E-state index contributed by atoms with van der Waals surface area (Å²) >= 11 is 0. The fourth-order valence-corrected chi connectivity index (χ4v) is 0.756. The molecule has 0 rings (SSSR count). The lowest BCUT2D eigenvalue weighted by molar-refractivity contribution is -0.147. The largest absolute Gasteiger partial charge is 0.466 e. The van der Waals surface area contributed by atoms with Crippen molar-refractivity contribution in [1.82, 2.24) is 0 Å². The molecule has 0 radical (unpaired) electrons. The first-order valence-corrected chi connectivity index (χ1v) is 5.73. The molecule has 0 atom stereocenters. The summed E-state index contributed by atoms with van der Waals surface area (Å²) in [5.74, 6) is -2.17. The van der Waals surface area contributed by atoms with Crippen LogP contribution in [0.4, 0.5) is 0 Å². The number of hydrogen-bond acceptors (Lipinski definition) is 6. The van der Waals surface area contributed by atoms with E-state index >= 15 is 0 Å².